The largest absolute Gasteiger partial charge is 0.389 e. The van der Waals surface area contributed by atoms with Crippen LogP contribution in [0, 0.1) is 12.7 Å². The van der Waals surface area contributed by atoms with Crippen LogP contribution >= 0.6 is 12.2 Å². The van der Waals surface area contributed by atoms with Crippen LogP contribution in [0.15, 0.2) is 42.5 Å². The summed E-state index contributed by atoms with van der Waals surface area (Å²) in [6, 6.07) is 11.0. The first-order valence-corrected chi connectivity index (χ1v) is 6.60. The predicted octanol–water partition coefficient (Wildman–Crippen LogP) is 3.41. The topological polar surface area (TPSA) is 67.2 Å². The SMILES string of the molecule is Cc1cccc(NC(=O)Nc2ccc(F)c(C(N)=S)c2)c1. The Morgan fingerprint density at radius 1 is 1.14 bits per heavy atom. The van der Waals surface area contributed by atoms with E-state index < -0.39 is 11.8 Å². The van der Waals surface area contributed by atoms with Crippen molar-refractivity contribution >= 4 is 34.6 Å². The fourth-order valence-electron chi connectivity index (χ4n) is 1.81. The fraction of sp³-hybridized carbons (Fsp3) is 0.0667. The number of thiocarbonyl (C=S) groups is 1. The van der Waals surface area contributed by atoms with Gasteiger partial charge in [0.2, 0.25) is 0 Å². The molecule has 6 heteroatoms. The van der Waals surface area contributed by atoms with Crippen LogP contribution in [0.5, 0.6) is 0 Å². The van der Waals surface area contributed by atoms with Crippen molar-refractivity contribution in [1.29, 1.82) is 0 Å². The summed E-state index contributed by atoms with van der Waals surface area (Å²) >= 11 is 4.75. The van der Waals surface area contributed by atoms with Gasteiger partial charge in [-0.3, -0.25) is 0 Å². The summed E-state index contributed by atoms with van der Waals surface area (Å²) < 4.78 is 13.5. The van der Waals surface area contributed by atoms with Gasteiger partial charge in [0.1, 0.15) is 10.8 Å². The third-order valence-corrected chi connectivity index (χ3v) is 2.99. The van der Waals surface area contributed by atoms with Crippen LogP contribution < -0.4 is 16.4 Å². The van der Waals surface area contributed by atoms with Crippen molar-refractivity contribution in [3.63, 3.8) is 0 Å². The van der Waals surface area contributed by atoms with Crippen LogP contribution in [-0.2, 0) is 0 Å². The van der Waals surface area contributed by atoms with E-state index >= 15 is 0 Å². The number of aryl methyl sites for hydroxylation is 1. The van der Waals surface area contributed by atoms with Gasteiger partial charge in [0.15, 0.2) is 0 Å². The summed E-state index contributed by atoms with van der Waals surface area (Å²) in [5.74, 6) is -0.521. The van der Waals surface area contributed by atoms with Gasteiger partial charge in [0.25, 0.3) is 0 Å². The molecule has 0 aliphatic rings. The predicted molar refractivity (Wildman–Crippen MR) is 86.1 cm³/mol. The zero-order valence-corrected chi connectivity index (χ0v) is 12.1. The molecule has 0 atom stereocenters. The van der Waals surface area contributed by atoms with Crippen molar-refractivity contribution in [2.75, 3.05) is 10.6 Å². The van der Waals surface area contributed by atoms with Crippen LogP contribution in [0.1, 0.15) is 11.1 Å². The van der Waals surface area contributed by atoms with Crippen LogP contribution in [0.2, 0.25) is 0 Å². The quantitative estimate of drug-likeness (QED) is 0.761. The summed E-state index contributed by atoms with van der Waals surface area (Å²) in [5, 5.41) is 5.29. The highest BCUT2D eigenvalue weighted by atomic mass is 32.1. The summed E-state index contributed by atoms with van der Waals surface area (Å²) in [4.78, 5) is 11.8. The Labute approximate surface area is 127 Å². The molecule has 0 fully saturated rings. The molecule has 108 valence electrons. The number of hydrogen-bond donors (Lipinski definition) is 3. The van der Waals surface area contributed by atoms with E-state index in [1.54, 1.807) is 6.07 Å². The lowest BCUT2D eigenvalue weighted by atomic mass is 10.2. The zero-order chi connectivity index (χ0) is 15.4. The molecule has 2 aromatic carbocycles. The molecule has 0 heterocycles. The highest BCUT2D eigenvalue weighted by Crippen LogP contribution is 2.16. The number of carbonyl (C=O) groups is 1. The minimum atomic E-state index is -0.521. The van der Waals surface area contributed by atoms with Crippen molar-refractivity contribution in [2.24, 2.45) is 5.73 Å². The summed E-state index contributed by atoms with van der Waals surface area (Å²) in [5.41, 5.74) is 7.62. The second-order valence-electron chi connectivity index (χ2n) is 4.51. The van der Waals surface area contributed by atoms with Gasteiger partial charge in [0, 0.05) is 16.9 Å². The lowest BCUT2D eigenvalue weighted by Gasteiger charge is -2.09. The molecule has 0 unspecified atom stereocenters. The summed E-state index contributed by atoms with van der Waals surface area (Å²) in [7, 11) is 0. The third kappa shape index (κ3) is 4.00. The van der Waals surface area contributed by atoms with Crippen LogP contribution in [0.4, 0.5) is 20.6 Å². The minimum Gasteiger partial charge on any atom is -0.389 e. The van der Waals surface area contributed by atoms with Gasteiger partial charge >= 0.3 is 6.03 Å². The van der Waals surface area contributed by atoms with E-state index in [0.717, 1.165) is 5.56 Å². The molecule has 0 radical (unpaired) electrons. The van der Waals surface area contributed by atoms with E-state index in [1.807, 2.05) is 25.1 Å². The van der Waals surface area contributed by atoms with E-state index in [-0.39, 0.29) is 10.6 Å². The highest BCUT2D eigenvalue weighted by Gasteiger charge is 2.08. The first kappa shape index (κ1) is 14.9. The molecule has 2 rings (SSSR count). The smallest absolute Gasteiger partial charge is 0.323 e. The Morgan fingerprint density at radius 3 is 2.43 bits per heavy atom. The van der Waals surface area contributed by atoms with E-state index in [1.165, 1.54) is 18.2 Å². The number of carbonyl (C=O) groups excluding carboxylic acids is 1. The number of rotatable bonds is 3. The van der Waals surface area contributed by atoms with Crippen molar-refractivity contribution in [1.82, 2.24) is 0 Å². The molecule has 0 aromatic heterocycles. The average molecular weight is 303 g/mol. The average Bonchev–Trinajstić information content (AvgIpc) is 2.40. The molecule has 0 bridgehead atoms. The number of anilines is 2. The van der Waals surface area contributed by atoms with Crippen molar-refractivity contribution < 1.29 is 9.18 Å². The number of nitrogens with one attached hydrogen (secondary N) is 2. The molecule has 0 aliphatic carbocycles. The Kier molecular flexibility index (Phi) is 4.49. The maximum absolute atomic E-state index is 13.5. The van der Waals surface area contributed by atoms with Crippen LogP contribution in [-0.4, -0.2) is 11.0 Å². The van der Waals surface area contributed by atoms with Crippen LogP contribution in [0.25, 0.3) is 0 Å². The monoisotopic (exact) mass is 303 g/mol. The number of amides is 2. The van der Waals surface area contributed by atoms with Gasteiger partial charge in [-0.15, -0.1) is 0 Å². The van der Waals surface area contributed by atoms with Crippen molar-refractivity contribution in [3.05, 3.63) is 59.4 Å². The second kappa shape index (κ2) is 6.32. The van der Waals surface area contributed by atoms with Gasteiger partial charge in [-0.1, -0.05) is 24.4 Å². The van der Waals surface area contributed by atoms with Gasteiger partial charge in [-0.05, 0) is 42.8 Å². The maximum Gasteiger partial charge on any atom is 0.323 e. The second-order valence-corrected chi connectivity index (χ2v) is 4.95. The first-order valence-electron chi connectivity index (χ1n) is 6.20. The molecular weight excluding hydrogens is 289 g/mol. The Morgan fingerprint density at radius 2 is 1.81 bits per heavy atom. The van der Waals surface area contributed by atoms with E-state index in [0.29, 0.717) is 11.4 Å². The summed E-state index contributed by atoms with van der Waals surface area (Å²) in [6.07, 6.45) is 0. The maximum atomic E-state index is 13.5. The standard InChI is InChI=1S/C15H14FN3OS/c1-9-3-2-4-10(7-9)18-15(20)19-11-5-6-13(16)12(8-11)14(17)21/h2-8H,1H3,(H2,17,21)(H2,18,19,20). The van der Waals surface area contributed by atoms with Gasteiger partial charge in [-0.25, -0.2) is 9.18 Å². The normalized spacial score (nSPS) is 10.0. The van der Waals surface area contributed by atoms with Crippen molar-refractivity contribution in [2.45, 2.75) is 6.92 Å². The molecule has 21 heavy (non-hydrogen) atoms. The van der Waals surface area contributed by atoms with Gasteiger partial charge < -0.3 is 16.4 Å². The molecule has 2 amide bonds. The molecule has 0 saturated carbocycles. The summed E-state index contributed by atoms with van der Waals surface area (Å²) in [6.45, 7) is 1.93. The Bertz CT molecular complexity index is 703. The van der Waals surface area contributed by atoms with E-state index in [4.69, 9.17) is 18.0 Å². The highest BCUT2D eigenvalue weighted by molar-refractivity contribution is 7.80. The fourth-order valence-corrected chi connectivity index (χ4v) is 1.96. The molecule has 0 spiro atoms. The van der Waals surface area contributed by atoms with E-state index in [2.05, 4.69) is 10.6 Å². The molecule has 0 saturated heterocycles. The number of halogens is 1. The lowest BCUT2D eigenvalue weighted by Crippen LogP contribution is -2.20. The van der Waals surface area contributed by atoms with Gasteiger partial charge in [-0.2, -0.15) is 0 Å². The van der Waals surface area contributed by atoms with Crippen molar-refractivity contribution in [3.8, 4) is 0 Å². The van der Waals surface area contributed by atoms with E-state index in [9.17, 15) is 9.18 Å². The minimum absolute atomic E-state index is 0.0600. The number of benzene rings is 2. The van der Waals surface area contributed by atoms with Gasteiger partial charge in [0.05, 0.1) is 0 Å². The number of nitrogens with two attached hydrogens (primary N) is 1. The molecule has 2 aromatic rings. The Balaban J connectivity index is 2.09. The first-order chi connectivity index (χ1) is 9.95. The molecule has 4 N–H and O–H groups in total. The van der Waals surface area contributed by atoms with Crippen LogP contribution in [0.3, 0.4) is 0 Å². The number of hydrogen-bond acceptors (Lipinski definition) is 2. The zero-order valence-electron chi connectivity index (χ0n) is 11.3. The molecule has 0 aliphatic heterocycles. The third-order valence-electron chi connectivity index (χ3n) is 2.77. The Hall–Kier alpha value is -2.47. The molecule has 4 nitrogen and oxygen atoms in total. The number of urea groups is 1. The lowest BCUT2D eigenvalue weighted by molar-refractivity contribution is 0.262. The molecular formula is C15H14FN3OS.